The molecule has 2 aromatic carbocycles. The Kier molecular flexibility index (Phi) is 7.20. The fraction of sp³-hybridized carbons (Fsp3) is 0.519. The van der Waals surface area contributed by atoms with Crippen LogP contribution in [0.2, 0.25) is 11.6 Å². The van der Waals surface area contributed by atoms with Crippen LogP contribution in [0, 0.1) is 0 Å². The van der Waals surface area contributed by atoms with Gasteiger partial charge in [0.1, 0.15) is 5.60 Å². The zero-order valence-corrected chi connectivity index (χ0v) is 21.7. The summed E-state index contributed by atoms with van der Waals surface area (Å²) in [5.74, 6) is 0. The third kappa shape index (κ3) is 5.44. The molecule has 3 rings (SSSR count). The number of piperidine rings is 1. The highest BCUT2D eigenvalue weighted by Gasteiger charge is 2.48. The molecule has 5 heteroatoms. The number of nitrogens with zero attached hydrogens (tertiary/aromatic N) is 1. The fourth-order valence-corrected chi connectivity index (χ4v) is 7.43. The van der Waals surface area contributed by atoms with Gasteiger partial charge in [-0.3, -0.25) is 4.90 Å². The first-order chi connectivity index (χ1) is 14.9. The lowest BCUT2D eigenvalue weighted by Crippen LogP contribution is -2.59. The number of likely N-dealkylation sites (tertiary alicyclic amines) is 1. The first-order valence-corrected chi connectivity index (χ1v) is 14.1. The van der Waals surface area contributed by atoms with Crippen molar-refractivity contribution in [2.24, 2.45) is 0 Å². The van der Waals surface area contributed by atoms with E-state index >= 15 is 0 Å². The monoisotopic (exact) mass is 453 g/mol. The molecule has 1 saturated heterocycles. The van der Waals surface area contributed by atoms with E-state index in [1.165, 1.54) is 5.19 Å². The Balaban J connectivity index is 2.01. The van der Waals surface area contributed by atoms with E-state index in [9.17, 15) is 4.79 Å². The summed E-state index contributed by atoms with van der Waals surface area (Å²) in [6.45, 7) is 15.6. The minimum atomic E-state index is -2.38. The molecular formula is C27H39NO3Si. The van der Waals surface area contributed by atoms with E-state index in [-0.39, 0.29) is 23.3 Å². The van der Waals surface area contributed by atoms with Crippen LogP contribution >= 0.6 is 0 Å². The highest BCUT2D eigenvalue weighted by molar-refractivity contribution is 6.88. The van der Waals surface area contributed by atoms with Gasteiger partial charge in [-0.15, -0.1) is 0 Å². The molecule has 4 nitrogen and oxygen atoms in total. The van der Waals surface area contributed by atoms with Crippen LogP contribution in [0.15, 0.2) is 60.7 Å². The van der Waals surface area contributed by atoms with Crippen molar-refractivity contribution in [3.63, 3.8) is 0 Å². The van der Waals surface area contributed by atoms with Gasteiger partial charge in [0.25, 0.3) is 0 Å². The average molecular weight is 454 g/mol. The maximum absolute atomic E-state index is 13.2. The van der Waals surface area contributed by atoms with Gasteiger partial charge in [-0.05, 0) is 55.9 Å². The van der Waals surface area contributed by atoms with Gasteiger partial charge in [0, 0.05) is 6.54 Å². The Labute approximate surface area is 195 Å². The predicted octanol–water partition coefficient (Wildman–Crippen LogP) is 6.43. The second-order valence-electron chi connectivity index (χ2n) is 11.0. The van der Waals surface area contributed by atoms with Crippen molar-refractivity contribution < 1.29 is 14.0 Å². The molecule has 1 fully saturated rings. The van der Waals surface area contributed by atoms with Gasteiger partial charge in [0.15, 0.2) is 0 Å². The Morgan fingerprint density at radius 2 is 1.50 bits per heavy atom. The van der Waals surface area contributed by atoms with E-state index in [0.717, 1.165) is 18.4 Å². The molecule has 0 aliphatic carbocycles. The van der Waals surface area contributed by atoms with E-state index < -0.39 is 13.9 Å². The standard InChI is InChI=1S/C27H39NO3Si/c1-26(2,3)30-25(29)28-20-14-19-23(24(28)21-15-10-8-11-16-21)31-32(7,27(4,5)6)22-17-12-9-13-18-22/h8-13,15-18,23-24H,14,19-20H2,1-7H3/t23-,24-,32?/m0/s1. The summed E-state index contributed by atoms with van der Waals surface area (Å²) in [6, 6.07) is 20.7. The van der Waals surface area contributed by atoms with Crippen LogP contribution in [0.3, 0.4) is 0 Å². The quantitative estimate of drug-likeness (QED) is 0.501. The van der Waals surface area contributed by atoms with Crippen LogP contribution < -0.4 is 5.19 Å². The summed E-state index contributed by atoms with van der Waals surface area (Å²) in [5.41, 5.74) is 0.562. The van der Waals surface area contributed by atoms with E-state index in [4.69, 9.17) is 9.16 Å². The first-order valence-electron chi connectivity index (χ1n) is 11.7. The van der Waals surface area contributed by atoms with E-state index in [1.807, 2.05) is 43.9 Å². The van der Waals surface area contributed by atoms with Gasteiger partial charge in [0.2, 0.25) is 8.32 Å². The summed E-state index contributed by atoms with van der Waals surface area (Å²) in [4.78, 5) is 15.1. The summed E-state index contributed by atoms with van der Waals surface area (Å²) in [5, 5.41) is 1.28. The Morgan fingerprint density at radius 1 is 0.938 bits per heavy atom. The van der Waals surface area contributed by atoms with Gasteiger partial charge < -0.3 is 9.16 Å². The van der Waals surface area contributed by atoms with E-state index in [1.54, 1.807) is 0 Å². The van der Waals surface area contributed by atoms with Crippen LogP contribution in [0.1, 0.15) is 66.0 Å². The first kappa shape index (κ1) is 24.5. The molecule has 0 saturated carbocycles. The van der Waals surface area contributed by atoms with Crippen LogP contribution in [0.5, 0.6) is 0 Å². The van der Waals surface area contributed by atoms with Gasteiger partial charge >= 0.3 is 6.09 Å². The van der Waals surface area contributed by atoms with Crippen LogP contribution in [-0.4, -0.2) is 37.6 Å². The predicted molar refractivity (Wildman–Crippen MR) is 134 cm³/mol. The maximum Gasteiger partial charge on any atom is 0.410 e. The fourth-order valence-electron chi connectivity index (χ4n) is 4.39. The molecule has 3 atom stereocenters. The summed E-state index contributed by atoms with van der Waals surface area (Å²) in [6.07, 6.45) is 1.47. The van der Waals surface area contributed by atoms with Crippen molar-refractivity contribution in [2.45, 2.75) is 83.7 Å². The van der Waals surface area contributed by atoms with Gasteiger partial charge in [-0.1, -0.05) is 81.4 Å². The normalized spacial score (nSPS) is 21.7. The average Bonchev–Trinajstić information content (AvgIpc) is 2.72. The number of carbonyl (C=O) groups is 1. The highest BCUT2D eigenvalue weighted by atomic mass is 28.4. The molecule has 2 aromatic rings. The molecule has 1 amide bonds. The molecule has 0 N–H and O–H groups in total. The zero-order valence-electron chi connectivity index (χ0n) is 20.7. The number of ether oxygens (including phenoxy) is 1. The van der Waals surface area contributed by atoms with Gasteiger partial charge in [-0.25, -0.2) is 4.79 Å². The summed E-state index contributed by atoms with van der Waals surface area (Å²) < 4.78 is 13.0. The second kappa shape index (κ2) is 9.40. The molecule has 1 heterocycles. The van der Waals surface area contributed by atoms with E-state index in [2.05, 4.69) is 69.8 Å². The second-order valence-corrected chi connectivity index (χ2v) is 15.4. The highest BCUT2D eigenvalue weighted by Crippen LogP contribution is 2.42. The number of carbonyl (C=O) groups excluding carboxylic acids is 1. The van der Waals surface area contributed by atoms with Crippen molar-refractivity contribution in [1.82, 2.24) is 4.90 Å². The van der Waals surface area contributed by atoms with Gasteiger partial charge in [-0.2, -0.15) is 0 Å². The molecule has 1 unspecified atom stereocenters. The molecule has 32 heavy (non-hydrogen) atoms. The van der Waals surface area contributed by atoms with Gasteiger partial charge in [0.05, 0.1) is 12.1 Å². The molecule has 1 aliphatic heterocycles. The molecule has 0 bridgehead atoms. The third-order valence-electron chi connectivity index (χ3n) is 6.49. The number of rotatable bonds is 4. The van der Waals surface area contributed by atoms with Crippen LogP contribution in [-0.2, 0) is 9.16 Å². The Bertz CT molecular complexity index is 889. The van der Waals surface area contributed by atoms with Crippen molar-refractivity contribution in [2.75, 3.05) is 6.54 Å². The molecule has 174 valence electrons. The van der Waals surface area contributed by atoms with Crippen molar-refractivity contribution in [1.29, 1.82) is 0 Å². The number of benzene rings is 2. The lowest BCUT2D eigenvalue weighted by molar-refractivity contribution is -0.0198. The van der Waals surface area contributed by atoms with Crippen molar-refractivity contribution in [3.05, 3.63) is 66.2 Å². The van der Waals surface area contributed by atoms with Crippen LogP contribution in [0.4, 0.5) is 4.79 Å². The summed E-state index contributed by atoms with van der Waals surface area (Å²) >= 11 is 0. The minimum absolute atomic E-state index is 0.0101. The molecule has 0 radical (unpaired) electrons. The van der Waals surface area contributed by atoms with Crippen molar-refractivity contribution in [3.8, 4) is 0 Å². The molecule has 0 spiro atoms. The topological polar surface area (TPSA) is 38.8 Å². The smallest absolute Gasteiger partial charge is 0.410 e. The van der Waals surface area contributed by atoms with Crippen molar-refractivity contribution >= 4 is 19.6 Å². The molecular weight excluding hydrogens is 414 g/mol. The lowest BCUT2D eigenvalue weighted by atomic mass is 9.93. The minimum Gasteiger partial charge on any atom is -0.444 e. The Morgan fingerprint density at radius 3 is 2.03 bits per heavy atom. The third-order valence-corrected chi connectivity index (χ3v) is 11.6. The van der Waals surface area contributed by atoms with Crippen LogP contribution in [0.25, 0.3) is 0 Å². The number of amides is 1. The summed E-state index contributed by atoms with van der Waals surface area (Å²) in [7, 11) is -2.38. The molecule has 1 aliphatic rings. The zero-order chi connectivity index (χ0) is 23.6. The maximum atomic E-state index is 13.2. The SMILES string of the molecule is CC(C)(C)OC(=O)N1CCC[C@H](O[Si](C)(c2ccccc2)C(C)(C)C)[C@@H]1c1ccccc1. The molecule has 0 aromatic heterocycles. The lowest BCUT2D eigenvalue weighted by Gasteiger charge is -2.48. The van der Waals surface area contributed by atoms with E-state index in [0.29, 0.717) is 6.54 Å². The number of hydrogen-bond acceptors (Lipinski definition) is 3. The number of hydrogen-bond donors (Lipinski definition) is 0. The largest absolute Gasteiger partial charge is 0.444 e. The Hall–Kier alpha value is -2.11.